The van der Waals surface area contributed by atoms with Crippen LogP contribution in [-0.2, 0) is 6.18 Å². The first-order chi connectivity index (χ1) is 21.2. The predicted molar refractivity (Wildman–Crippen MR) is 158 cm³/mol. The van der Waals surface area contributed by atoms with Crippen LogP contribution >= 0.6 is 11.6 Å². The number of anilines is 2. The fraction of sp³-hybridized carbons (Fsp3) is 0.581. The van der Waals surface area contributed by atoms with Gasteiger partial charge in [-0.25, -0.2) is 13.8 Å². The van der Waals surface area contributed by atoms with Gasteiger partial charge in [-0.05, 0) is 63.6 Å². The van der Waals surface area contributed by atoms with Crippen LogP contribution in [0.2, 0.25) is 5.02 Å². The molecule has 0 unspecified atom stereocenters. The largest absolute Gasteiger partial charge is 0.485 e. The second-order valence-corrected chi connectivity index (χ2v) is 14.0. The standard InChI is InChI=1S/C31H32ClF5N6O2/c1-15-10-17(38)39-23(20(15)31(35,36)37)18-21(32)25-19-24(22(18)34)40-27(44-14-29-4-3-9-43(29)12-16(33)11-29)41-26(19)42(2)28(5-6-28)13-30(45-25)7-8-30/h10,16H,3-9,11-14H2,1-2H3,(H2,38,39)/t16-,29+/m1/s1. The van der Waals surface area contributed by atoms with Gasteiger partial charge in [-0.2, -0.15) is 23.1 Å². The molecule has 2 aromatic heterocycles. The van der Waals surface area contributed by atoms with Crippen molar-refractivity contribution in [3.8, 4) is 23.0 Å². The minimum absolute atomic E-state index is 0.0103. The zero-order valence-electron chi connectivity index (χ0n) is 24.8. The summed E-state index contributed by atoms with van der Waals surface area (Å²) in [5.74, 6) is -1.02. The molecule has 45 heavy (non-hydrogen) atoms. The van der Waals surface area contributed by atoms with Gasteiger partial charge in [-0.1, -0.05) is 11.6 Å². The number of hydrogen-bond donors (Lipinski definition) is 1. The average molecular weight is 651 g/mol. The van der Waals surface area contributed by atoms with Crippen molar-refractivity contribution in [1.82, 2.24) is 19.9 Å². The third-order valence-electron chi connectivity index (χ3n) is 10.6. The molecule has 2 atom stereocenters. The number of nitrogens with two attached hydrogens (primary N) is 1. The number of alkyl halides is 4. The van der Waals surface area contributed by atoms with Gasteiger partial charge >= 0.3 is 12.2 Å². The van der Waals surface area contributed by atoms with E-state index in [2.05, 4.69) is 14.9 Å². The molecule has 0 bridgehead atoms. The normalized spacial score (nSPS) is 26.2. The molecule has 5 aliphatic rings. The lowest BCUT2D eigenvalue weighted by atomic mass is 9.95. The molecule has 8 nitrogen and oxygen atoms in total. The molecular weight excluding hydrogens is 619 g/mol. The third-order valence-corrected chi connectivity index (χ3v) is 10.9. The number of halogens is 6. The van der Waals surface area contributed by atoms with Crippen molar-refractivity contribution in [2.24, 2.45) is 0 Å². The minimum Gasteiger partial charge on any atom is -0.485 e. The van der Waals surface area contributed by atoms with E-state index in [0.717, 1.165) is 51.1 Å². The van der Waals surface area contributed by atoms with Gasteiger partial charge in [-0.3, -0.25) is 4.90 Å². The Bertz CT molecular complexity index is 1760. The van der Waals surface area contributed by atoms with Crippen LogP contribution in [-0.4, -0.2) is 69.4 Å². The Kier molecular flexibility index (Phi) is 6.13. The third kappa shape index (κ3) is 4.43. The van der Waals surface area contributed by atoms with Gasteiger partial charge < -0.3 is 20.1 Å². The number of fused-ring (bicyclic) bond motifs is 1. The van der Waals surface area contributed by atoms with Gasteiger partial charge in [0, 0.05) is 32.0 Å². The van der Waals surface area contributed by atoms with Gasteiger partial charge in [0.1, 0.15) is 35.5 Å². The van der Waals surface area contributed by atoms with E-state index >= 15 is 4.39 Å². The minimum atomic E-state index is -4.89. The SMILES string of the molecule is Cc1cc(N)nc(-c2c(Cl)c3c4c(nc(OC[C@@]56CCCN5C[C@H](F)C6)nc4c2F)N(C)C2(CC2)CC2(CC2)O3)c1C(F)(F)F. The van der Waals surface area contributed by atoms with Crippen LogP contribution in [0.15, 0.2) is 6.07 Å². The fourth-order valence-electron chi connectivity index (χ4n) is 8.00. The van der Waals surface area contributed by atoms with Crippen molar-refractivity contribution < 1.29 is 31.4 Å². The van der Waals surface area contributed by atoms with Gasteiger partial charge in [0.05, 0.1) is 32.8 Å². The van der Waals surface area contributed by atoms with Gasteiger partial charge in [-0.15, -0.1) is 0 Å². The van der Waals surface area contributed by atoms with E-state index < -0.39 is 46.1 Å². The number of aryl methyl sites for hydroxylation is 1. The summed E-state index contributed by atoms with van der Waals surface area (Å²) in [6, 6.07) is 0.928. The Hall–Kier alpha value is -3.19. The lowest BCUT2D eigenvalue weighted by Crippen LogP contribution is -2.44. The van der Waals surface area contributed by atoms with E-state index in [1.807, 2.05) is 11.9 Å². The number of hydrogen-bond acceptors (Lipinski definition) is 8. The lowest BCUT2D eigenvalue weighted by Gasteiger charge is -2.37. The Labute approximate surface area is 261 Å². The molecule has 2 spiro atoms. The quantitative estimate of drug-likeness (QED) is 0.315. The number of aromatic nitrogens is 3. The Balaban J connectivity index is 1.36. The van der Waals surface area contributed by atoms with E-state index in [4.69, 9.17) is 31.8 Å². The van der Waals surface area contributed by atoms with Gasteiger partial charge in [0.25, 0.3) is 0 Å². The molecule has 2 N–H and O–H groups in total. The maximum atomic E-state index is 16.9. The molecule has 2 saturated carbocycles. The smallest absolute Gasteiger partial charge is 0.418 e. The van der Waals surface area contributed by atoms with Crippen LogP contribution in [0.4, 0.5) is 33.6 Å². The summed E-state index contributed by atoms with van der Waals surface area (Å²) in [7, 11) is 1.87. The highest BCUT2D eigenvalue weighted by atomic mass is 35.5. The van der Waals surface area contributed by atoms with Crippen molar-refractivity contribution in [2.75, 3.05) is 37.4 Å². The van der Waals surface area contributed by atoms with E-state index in [1.165, 1.54) is 6.92 Å². The first kappa shape index (κ1) is 29.2. The van der Waals surface area contributed by atoms with E-state index in [9.17, 15) is 17.6 Å². The van der Waals surface area contributed by atoms with Gasteiger partial charge in [0.2, 0.25) is 0 Å². The lowest BCUT2D eigenvalue weighted by molar-refractivity contribution is -0.137. The number of nitrogens with zero attached hydrogens (tertiary/aromatic N) is 5. The van der Waals surface area contributed by atoms with E-state index in [-0.39, 0.29) is 51.2 Å². The topological polar surface area (TPSA) is 89.6 Å². The molecule has 5 heterocycles. The molecule has 240 valence electrons. The van der Waals surface area contributed by atoms with Crippen molar-refractivity contribution in [1.29, 1.82) is 0 Å². The average Bonchev–Trinajstić information content (AvgIpc) is 3.84. The van der Waals surface area contributed by atoms with E-state index in [1.54, 1.807) is 0 Å². The maximum absolute atomic E-state index is 16.9. The Morgan fingerprint density at radius 1 is 1.16 bits per heavy atom. The zero-order chi connectivity index (χ0) is 31.7. The highest BCUT2D eigenvalue weighted by Crippen LogP contribution is 2.61. The fourth-order valence-corrected chi connectivity index (χ4v) is 8.31. The molecule has 3 aliphatic heterocycles. The predicted octanol–water partition coefficient (Wildman–Crippen LogP) is 6.63. The molecule has 1 aromatic carbocycles. The summed E-state index contributed by atoms with van der Waals surface area (Å²) in [6.07, 6.45) is -0.0658. The molecule has 2 aliphatic carbocycles. The number of pyridine rings is 1. The van der Waals surface area contributed by atoms with Crippen molar-refractivity contribution in [3.05, 3.63) is 28.0 Å². The van der Waals surface area contributed by atoms with Gasteiger partial charge in [0.15, 0.2) is 11.6 Å². The molecule has 14 heteroatoms. The van der Waals surface area contributed by atoms with Crippen LogP contribution in [0.5, 0.6) is 11.8 Å². The molecule has 2 saturated heterocycles. The van der Waals surface area contributed by atoms with Crippen LogP contribution in [0.3, 0.4) is 0 Å². The van der Waals surface area contributed by atoms with Crippen LogP contribution < -0.4 is 20.1 Å². The van der Waals surface area contributed by atoms with Crippen LogP contribution in [0.25, 0.3) is 22.2 Å². The summed E-state index contributed by atoms with van der Waals surface area (Å²) in [6.45, 7) is 2.41. The summed E-state index contributed by atoms with van der Waals surface area (Å²) in [5, 5.41) is -0.193. The number of rotatable bonds is 4. The summed E-state index contributed by atoms with van der Waals surface area (Å²) >= 11 is 6.88. The highest BCUT2D eigenvalue weighted by molar-refractivity contribution is 6.36. The molecular formula is C31H32ClF5N6O2. The second kappa shape index (κ2) is 9.43. The molecule has 8 rings (SSSR count). The monoisotopic (exact) mass is 650 g/mol. The number of ether oxygens (including phenoxy) is 2. The Morgan fingerprint density at radius 2 is 1.91 bits per heavy atom. The summed E-state index contributed by atoms with van der Waals surface area (Å²) in [4.78, 5) is 17.2. The molecule has 0 radical (unpaired) electrons. The maximum Gasteiger partial charge on any atom is 0.418 e. The highest BCUT2D eigenvalue weighted by Gasteiger charge is 2.60. The van der Waals surface area contributed by atoms with Crippen LogP contribution in [0, 0.1) is 12.7 Å². The number of benzene rings is 1. The summed E-state index contributed by atoms with van der Waals surface area (Å²) < 4.78 is 87.4. The van der Waals surface area contributed by atoms with Crippen LogP contribution in [0.1, 0.15) is 62.5 Å². The number of nitrogen functional groups attached to an aromatic ring is 1. The van der Waals surface area contributed by atoms with Crippen molar-refractivity contribution in [3.63, 3.8) is 0 Å². The Morgan fingerprint density at radius 3 is 2.60 bits per heavy atom. The molecule has 0 amide bonds. The van der Waals surface area contributed by atoms with Crippen molar-refractivity contribution in [2.45, 2.75) is 87.3 Å². The first-order valence-corrected chi connectivity index (χ1v) is 15.6. The van der Waals surface area contributed by atoms with E-state index in [0.29, 0.717) is 25.2 Å². The summed E-state index contributed by atoms with van der Waals surface area (Å²) in [5.41, 5.74) is 1.48. The molecule has 3 aromatic rings. The van der Waals surface area contributed by atoms with Crippen molar-refractivity contribution >= 4 is 34.1 Å². The molecule has 4 fully saturated rings. The second-order valence-electron chi connectivity index (χ2n) is 13.6. The first-order valence-electron chi connectivity index (χ1n) is 15.3. The zero-order valence-corrected chi connectivity index (χ0v) is 25.6.